The molecule has 1 saturated heterocycles. The largest absolute Gasteiger partial charge is 0.451 e. The highest BCUT2D eigenvalue weighted by atomic mass is 16.3. The first-order valence-electron chi connectivity index (χ1n) is 8.26. The predicted molar refractivity (Wildman–Crippen MR) is 89.4 cm³/mol. The second-order valence-electron chi connectivity index (χ2n) is 6.39. The zero-order valence-corrected chi connectivity index (χ0v) is 13.2. The summed E-state index contributed by atoms with van der Waals surface area (Å²) >= 11 is 0. The first-order chi connectivity index (χ1) is 11.9. The number of hydrogen-bond acceptors (Lipinski definition) is 5. The SMILES string of the molecule is c1cc2c(ncc3ncn(C4CCCN(Cc5cocn5)C4)c32)[nH]1. The lowest BCUT2D eigenvalue weighted by atomic mass is 10.0. The number of likely N-dealkylation sites (tertiary alicyclic amines) is 1. The van der Waals surface area contributed by atoms with E-state index in [1.54, 1.807) is 6.26 Å². The van der Waals surface area contributed by atoms with E-state index in [-0.39, 0.29) is 0 Å². The van der Waals surface area contributed by atoms with Crippen molar-refractivity contribution in [2.75, 3.05) is 13.1 Å². The van der Waals surface area contributed by atoms with E-state index in [1.165, 1.54) is 18.3 Å². The van der Waals surface area contributed by atoms with Crippen molar-refractivity contribution in [2.24, 2.45) is 0 Å². The van der Waals surface area contributed by atoms with Gasteiger partial charge in [0.15, 0.2) is 6.39 Å². The molecule has 1 N–H and O–H groups in total. The molecule has 0 radical (unpaired) electrons. The fourth-order valence-electron chi connectivity index (χ4n) is 3.75. The van der Waals surface area contributed by atoms with Crippen LogP contribution in [0.5, 0.6) is 0 Å². The van der Waals surface area contributed by atoms with E-state index < -0.39 is 0 Å². The molecule has 0 amide bonds. The molecular formula is C17H18N6O. The lowest BCUT2D eigenvalue weighted by Crippen LogP contribution is -2.36. The number of pyridine rings is 1. The van der Waals surface area contributed by atoms with Gasteiger partial charge >= 0.3 is 0 Å². The number of piperidine rings is 1. The standard InChI is InChI=1S/C17H18N6O/c1-2-13(8-22(5-1)7-12-9-24-11-21-12)23-10-20-15-6-19-17-14(16(15)23)3-4-18-17/h3-4,6,9-11,13H,1-2,5,7-8H2,(H,18,19). The van der Waals surface area contributed by atoms with Crippen LogP contribution in [0.2, 0.25) is 0 Å². The Morgan fingerprint density at radius 1 is 1.29 bits per heavy atom. The molecule has 5 rings (SSSR count). The van der Waals surface area contributed by atoms with Gasteiger partial charge in [-0.05, 0) is 25.5 Å². The van der Waals surface area contributed by atoms with Gasteiger partial charge in [0.1, 0.15) is 17.4 Å². The van der Waals surface area contributed by atoms with Gasteiger partial charge in [0.05, 0.1) is 23.7 Å². The molecule has 4 aromatic rings. The summed E-state index contributed by atoms with van der Waals surface area (Å²) in [5.74, 6) is 0. The Balaban J connectivity index is 1.49. The second-order valence-corrected chi connectivity index (χ2v) is 6.39. The Kier molecular flexibility index (Phi) is 3.12. The molecular weight excluding hydrogens is 304 g/mol. The minimum atomic E-state index is 0.413. The van der Waals surface area contributed by atoms with Crippen LogP contribution in [0.15, 0.2) is 41.9 Å². The lowest BCUT2D eigenvalue weighted by Gasteiger charge is -2.33. The molecule has 0 saturated carbocycles. The first kappa shape index (κ1) is 13.7. The van der Waals surface area contributed by atoms with Gasteiger partial charge in [-0.2, -0.15) is 0 Å². The first-order valence-corrected chi connectivity index (χ1v) is 8.26. The average Bonchev–Trinajstić information content (AvgIpc) is 3.34. The zero-order valence-electron chi connectivity index (χ0n) is 13.2. The fraction of sp³-hybridized carbons (Fsp3) is 0.353. The summed E-state index contributed by atoms with van der Waals surface area (Å²) in [6, 6.07) is 2.50. The Bertz CT molecular complexity index is 970. The monoisotopic (exact) mass is 322 g/mol. The van der Waals surface area contributed by atoms with Crippen LogP contribution in [0.1, 0.15) is 24.6 Å². The molecule has 1 aliphatic heterocycles. The van der Waals surface area contributed by atoms with Gasteiger partial charge in [0.2, 0.25) is 0 Å². The number of imidazole rings is 1. The highest BCUT2D eigenvalue weighted by Crippen LogP contribution is 2.29. The number of aromatic nitrogens is 5. The molecule has 1 unspecified atom stereocenters. The van der Waals surface area contributed by atoms with E-state index in [2.05, 4.69) is 35.5 Å². The van der Waals surface area contributed by atoms with Crippen molar-refractivity contribution in [3.05, 3.63) is 43.1 Å². The molecule has 7 nitrogen and oxygen atoms in total. The smallest absolute Gasteiger partial charge is 0.180 e. The molecule has 122 valence electrons. The average molecular weight is 322 g/mol. The topological polar surface area (TPSA) is 75.8 Å². The van der Waals surface area contributed by atoms with Crippen molar-refractivity contribution in [2.45, 2.75) is 25.4 Å². The summed E-state index contributed by atoms with van der Waals surface area (Å²) in [4.78, 5) is 18.9. The molecule has 1 aliphatic rings. The number of nitrogens with zero attached hydrogens (tertiary/aromatic N) is 5. The van der Waals surface area contributed by atoms with Crippen LogP contribution in [-0.4, -0.2) is 42.5 Å². The second kappa shape index (κ2) is 5.45. The van der Waals surface area contributed by atoms with Gasteiger partial charge in [-0.1, -0.05) is 0 Å². The highest BCUT2D eigenvalue weighted by Gasteiger charge is 2.24. The molecule has 5 heterocycles. The maximum Gasteiger partial charge on any atom is 0.180 e. The van der Waals surface area contributed by atoms with Crippen molar-refractivity contribution < 1.29 is 4.42 Å². The molecule has 0 bridgehead atoms. The summed E-state index contributed by atoms with van der Waals surface area (Å²) in [6.07, 6.45) is 11.3. The van der Waals surface area contributed by atoms with Crippen molar-refractivity contribution >= 4 is 22.1 Å². The van der Waals surface area contributed by atoms with Gasteiger partial charge in [0, 0.05) is 30.7 Å². The van der Waals surface area contributed by atoms with Crippen molar-refractivity contribution in [1.82, 2.24) is 29.4 Å². The Hall–Kier alpha value is -2.67. The summed E-state index contributed by atoms with van der Waals surface area (Å²) in [6.45, 7) is 2.92. The molecule has 1 fully saturated rings. The van der Waals surface area contributed by atoms with E-state index in [4.69, 9.17) is 4.42 Å². The van der Waals surface area contributed by atoms with Gasteiger partial charge in [0.25, 0.3) is 0 Å². The number of nitrogens with one attached hydrogen (secondary N) is 1. The van der Waals surface area contributed by atoms with E-state index >= 15 is 0 Å². The molecule has 4 aromatic heterocycles. The number of oxazole rings is 1. The number of aromatic amines is 1. The van der Waals surface area contributed by atoms with Crippen molar-refractivity contribution in [3.8, 4) is 0 Å². The maximum absolute atomic E-state index is 5.09. The lowest BCUT2D eigenvalue weighted by molar-refractivity contribution is 0.170. The predicted octanol–water partition coefficient (Wildman–Crippen LogP) is 2.74. The van der Waals surface area contributed by atoms with Crippen molar-refractivity contribution in [3.63, 3.8) is 0 Å². The molecule has 0 aromatic carbocycles. The van der Waals surface area contributed by atoms with E-state index in [1.807, 2.05) is 18.7 Å². The van der Waals surface area contributed by atoms with Crippen LogP contribution < -0.4 is 0 Å². The van der Waals surface area contributed by atoms with Gasteiger partial charge < -0.3 is 14.0 Å². The van der Waals surface area contributed by atoms with Gasteiger partial charge in [-0.15, -0.1) is 0 Å². The number of rotatable bonds is 3. The minimum Gasteiger partial charge on any atom is -0.451 e. The summed E-state index contributed by atoms with van der Waals surface area (Å²) in [7, 11) is 0. The Labute approximate surface area is 138 Å². The molecule has 0 spiro atoms. The minimum absolute atomic E-state index is 0.413. The highest BCUT2D eigenvalue weighted by molar-refractivity contribution is 6.00. The van der Waals surface area contributed by atoms with Gasteiger partial charge in [-0.25, -0.2) is 15.0 Å². The fourth-order valence-corrected chi connectivity index (χ4v) is 3.75. The Morgan fingerprint density at radius 3 is 3.21 bits per heavy atom. The number of fused-ring (bicyclic) bond motifs is 3. The van der Waals surface area contributed by atoms with E-state index in [0.29, 0.717) is 6.04 Å². The third-order valence-electron chi connectivity index (χ3n) is 4.86. The number of H-pyrrole nitrogens is 1. The third-order valence-corrected chi connectivity index (χ3v) is 4.86. The number of hydrogen-bond donors (Lipinski definition) is 1. The quantitative estimate of drug-likeness (QED) is 0.627. The van der Waals surface area contributed by atoms with E-state index in [0.717, 1.165) is 48.3 Å². The Morgan fingerprint density at radius 2 is 2.29 bits per heavy atom. The zero-order chi connectivity index (χ0) is 15.9. The third kappa shape index (κ3) is 2.20. The van der Waals surface area contributed by atoms with Crippen molar-refractivity contribution in [1.29, 1.82) is 0 Å². The van der Waals surface area contributed by atoms with Crippen LogP contribution in [0.25, 0.3) is 22.1 Å². The molecule has 7 heteroatoms. The van der Waals surface area contributed by atoms with E-state index in [9.17, 15) is 0 Å². The summed E-state index contributed by atoms with van der Waals surface area (Å²) < 4.78 is 7.41. The molecule has 0 aliphatic carbocycles. The normalized spacial score (nSPS) is 19.4. The maximum atomic E-state index is 5.09. The van der Waals surface area contributed by atoms with Crippen LogP contribution in [0, 0.1) is 0 Å². The summed E-state index contributed by atoms with van der Waals surface area (Å²) in [5.41, 5.74) is 4.04. The van der Waals surface area contributed by atoms with Crippen LogP contribution in [0.4, 0.5) is 0 Å². The van der Waals surface area contributed by atoms with Gasteiger partial charge in [-0.3, -0.25) is 4.90 Å². The molecule has 24 heavy (non-hydrogen) atoms. The van der Waals surface area contributed by atoms with Crippen LogP contribution in [-0.2, 0) is 6.54 Å². The summed E-state index contributed by atoms with van der Waals surface area (Å²) in [5, 5.41) is 1.14. The molecule has 1 atom stereocenters. The van der Waals surface area contributed by atoms with Crippen LogP contribution >= 0.6 is 0 Å². The van der Waals surface area contributed by atoms with Crippen LogP contribution in [0.3, 0.4) is 0 Å².